The molecule has 4 fully saturated rings. The number of likely N-dealkylation sites (tertiary alicyclic amines) is 1. The molecule has 17 heteroatoms. The molecule has 13 nitrogen and oxygen atoms in total. The molecule has 0 radical (unpaired) electrons. The van der Waals surface area contributed by atoms with Gasteiger partial charge in [0.05, 0.1) is 30.6 Å². The molecule has 3 saturated heterocycles. The van der Waals surface area contributed by atoms with E-state index in [9.17, 15) is 37.6 Å². The summed E-state index contributed by atoms with van der Waals surface area (Å²) in [4.78, 5) is 59.8. The number of carbonyl (C=O) groups excluding carboxylic acids is 4. The van der Waals surface area contributed by atoms with Crippen LogP contribution in [0.1, 0.15) is 95.9 Å². The van der Waals surface area contributed by atoms with Gasteiger partial charge >= 0.3 is 6.18 Å². The number of piperidine rings is 2. The number of hydrogen-bond acceptors (Lipinski definition) is 10. The Morgan fingerprint density at radius 3 is 2.48 bits per heavy atom. The lowest BCUT2D eigenvalue weighted by Crippen LogP contribution is -2.55. The van der Waals surface area contributed by atoms with E-state index in [0.29, 0.717) is 61.6 Å². The van der Waals surface area contributed by atoms with Crippen LogP contribution in [0.4, 0.5) is 35.9 Å². The first-order valence-electron chi connectivity index (χ1n) is 20.5. The first-order chi connectivity index (χ1) is 28.9. The quantitative estimate of drug-likeness (QED) is 0.126. The molecule has 3 aliphatic heterocycles. The van der Waals surface area contributed by atoms with Crippen LogP contribution in [0.3, 0.4) is 0 Å². The molecule has 1 saturated carbocycles. The Labute approximate surface area is 358 Å². The summed E-state index contributed by atoms with van der Waals surface area (Å²) in [6, 6.07) is 14.5. The minimum atomic E-state index is -4.85. The van der Waals surface area contributed by atoms with Crippen LogP contribution in [0.5, 0.6) is 5.75 Å². The van der Waals surface area contributed by atoms with Crippen molar-refractivity contribution in [3.05, 3.63) is 71.5 Å². The number of aryl methyl sites for hydroxylation is 1. The molecule has 61 heavy (non-hydrogen) atoms. The fourth-order valence-corrected chi connectivity index (χ4v) is 9.64. The third kappa shape index (κ3) is 8.78. The van der Waals surface area contributed by atoms with Gasteiger partial charge in [-0.1, -0.05) is 19.9 Å². The Morgan fingerprint density at radius 1 is 1.07 bits per heavy atom. The largest absolute Gasteiger partial charge is 0.493 e. The summed E-state index contributed by atoms with van der Waals surface area (Å²) in [5, 5.41) is 17.8. The van der Waals surface area contributed by atoms with Crippen LogP contribution < -0.4 is 30.5 Å². The molecule has 4 heterocycles. The molecule has 4 amide bonds. The zero-order valence-corrected chi connectivity index (χ0v) is 35.4. The summed E-state index contributed by atoms with van der Waals surface area (Å²) in [7, 11) is 0. The number of aromatic nitrogens is 1. The van der Waals surface area contributed by atoms with E-state index in [4.69, 9.17) is 17.0 Å². The number of halogens is 3. The van der Waals surface area contributed by atoms with Crippen molar-refractivity contribution in [2.24, 2.45) is 5.41 Å². The predicted octanol–water partition coefficient (Wildman–Crippen LogP) is 7.10. The summed E-state index contributed by atoms with van der Waals surface area (Å²) in [5.74, 6) is -0.522. The second-order valence-corrected chi connectivity index (χ2v) is 17.7. The van der Waals surface area contributed by atoms with Crippen molar-refractivity contribution in [2.45, 2.75) is 109 Å². The van der Waals surface area contributed by atoms with E-state index in [1.807, 2.05) is 31.2 Å². The van der Waals surface area contributed by atoms with Crippen LogP contribution in [-0.4, -0.2) is 75.4 Å². The average Bonchev–Trinajstić information content (AvgIpc) is 3.42. The maximum absolute atomic E-state index is 14.0. The van der Waals surface area contributed by atoms with E-state index in [0.717, 1.165) is 48.4 Å². The normalized spacial score (nSPS) is 22.4. The van der Waals surface area contributed by atoms with Gasteiger partial charge in [-0.25, -0.2) is 4.98 Å². The smallest absolute Gasteiger partial charge is 0.419 e. The Hall–Kier alpha value is -5.60. The number of hydrogen-bond donors (Lipinski definition) is 3. The second kappa shape index (κ2) is 16.7. The summed E-state index contributed by atoms with van der Waals surface area (Å²) < 4.78 is 48.0. The van der Waals surface area contributed by atoms with Crippen molar-refractivity contribution in [3.63, 3.8) is 0 Å². The highest BCUT2D eigenvalue weighted by Crippen LogP contribution is 2.49. The van der Waals surface area contributed by atoms with Crippen molar-refractivity contribution in [1.29, 1.82) is 5.26 Å². The number of thiocarbonyl (C=S) groups is 1. The van der Waals surface area contributed by atoms with Crippen LogP contribution in [-0.2, 0) is 31.8 Å². The van der Waals surface area contributed by atoms with Gasteiger partial charge in [-0.15, -0.1) is 0 Å². The minimum absolute atomic E-state index is 0.0490. The monoisotopic (exact) mass is 858 g/mol. The molecule has 7 rings (SSSR count). The van der Waals surface area contributed by atoms with Crippen molar-refractivity contribution in [2.75, 3.05) is 40.1 Å². The molecule has 322 valence electrons. The number of nitrogens with zero attached hydrogens (tertiary/aromatic N) is 5. The highest BCUT2D eigenvalue weighted by Gasteiger charge is 2.60. The number of nitrogens with one attached hydrogen (secondary N) is 3. The molecule has 1 aromatic heterocycles. The van der Waals surface area contributed by atoms with Gasteiger partial charge in [0.2, 0.25) is 17.7 Å². The summed E-state index contributed by atoms with van der Waals surface area (Å²) in [5.41, 5.74) is -0.723. The number of nitriles is 1. The third-order valence-electron chi connectivity index (χ3n) is 12.5. The number of carbonyl (C=O) groups is 4. The Morgan fingerprint density at radius 2 is 1.82 bits per heavy atom. The zero-order valence-electron chi connectivity index (χ0n) is 34.6. The van der Waals surface area contributed by atoms with Crippen molar-refractivity contribution < 1.29 is 37.1 Å². The SMILES string of the molecule is CCc1cc(N2C(=S)N(c3cnc(C#N)c(C(F)(F)F)c3)C(=O)C23CCC3)ccc1OCCC1(C)CCN(CC(=O)Nc2cccc(NC3CCC(=O)NC3=O)c2)C(C)(C)C1. The summed E-state index contributed by atoms with van der Waals surface area (Å²) in [6.07, 6.45) is 1.69. The molecule has 3 N–H and O–H groups in total. The topological polar surface area (TPSA) is 160 Å². The number of alkyl halides is 3. The van der Waals surface area contributed by atoms with Crippen LogP contribution in [0, 0.1) is 16.7 Å². The number of rotatable bonds is 12. The minimum Gasteiger partial charge on any atom is -0.493 e. The van der Waals surface area contributed by atoms with Gasteiger partial charge in [0, 0.05) is 29.0 Å². The maximum atomic E-state index is 14.0. The molecular formula is C44H49F3N8O5S. The number of ether oxygens (including phenoxy) is 1. The molecule has 2 atom stereocenters. The fraction of sp³-hybridized carbons (Fsp3) is 0.477. The van der Waals surface area contributed by atoms with Gasteiger partial charge in [-0.05, 0) is 137 Å². The lowest BCUT2D eigenvalue weighted by molar-refractivity contribution is -0.138. The van der Waals surface area contributed by atoms with Crippen LogP contribution in [0.2, 0.25) is 0 Å². The van der Waals surface area contributed by atoms with Gasteiger partial charge in [-0.2, -0.15) is 18.4 Å². The molecule has 3 aromatic rings. The second-order valence-electron chi connectivity index (χ2n) is 17.3. The molecule has 4 aliphatic rings. The zero-order chi connectivity index (χ0) is 43.9. The Bertz CT molecular complexity index is 2310. The van der Waals surface area contributed by atoms with Gasteiger partial charge in [0.25, 0.3) is 5.91 Å². The van der Waals surface area contributed by atoms with E-state index < -0.39 is 34.9 Å². The molecule has 2 aromatic carbocycles. The van der Waals surface area contributed by atoms with Gasteiger partial charge in [0.15, 0.2) is 10.8 Å². The number of imide groups is 1. The maximum Gasteiger partial charge on any atom is 0.419 e. The van der Waals surface area contributed by atoms with Gasteiger partial charge < -0.3 is 20.3 Å². The Kier molecular flexibility index (Phi) is 11.9. The predicted molar refractivity (Wildman–Crippen MR) is 227 cm³/mol. The highest BCUT2D eigenvalue weighted by molar-refractivity contribution is 7.81. The van der Waals surface area contributed by atoms with Crippen molar-refractivity contribution in [3.8, 4) is 11.8 Å². The molecule has 2 unspecified atom stereocenters. The molecular weight excluding hydrogens is 810 g/mol. The third-order valence-corrected chi connectivity index (χ3v) is 12.9. The van der Waals surface area contributed by atoms with Crippen LogP contribution in [0.15, 0.2) is 54.7 Å². The van der Waals surface area contributed by atoms with Gasteiger partial charge in [-0.3, -0.25) is 34.3 Å². The first-order valence-corrected chi connectivity index (χ1v) is 20.9. The van der Waals surface area contributed by atoms with E-state index in [-0.39, 0.29) is 52.4 Å². The number of benzene rings is 2. The van der Waals surface area contributed by atoms with Crippen molar-refractivity contribution in [1.82, 2.24) is 15.2 Å². The Balaban J connectivity index is 0.960. The van der Waals surface area contributed by atoms with E-state index in [2.05, 4.69) is 46.6 Å². The van der Waals surface area contributed by atoms with Crippen molar-refractivity contribution >= 4 is 63.7 Å². The summed E-state index contributed by atoms with van der Waals surface area (Å²) in [6.45, 7) is 9.91. The highest BCUT2D eigenvalue weighted by atomic mass is 32.1. The van der Waals surface area contributed by atoms with E-state index >= 15 is 0 Å². The first kappa shape index (κ1) is 43.5. The number of pyridine rings is 1. The lowest BCUT2D eigenvalue weighted by atomic mass is 9.70. The number of amides is 4. The van der Waals surface area contributed by atoms with E-state index in [1.54, 1.807) is 23.1 Å². The number of anilines is 4. The average molecular weight is 859 g/mol. The summed E-state index contributed by atoms with van der Waals surface area (Å²) >= 11 is 5.81. The molecule has 1 aliphatic carbocycles. The van der Waals surface area contributed by atoms with Crippen LogP contribution in [0.25, 0.3) is 0 Å². The standard InChI is InChI=1S/C44H49F3N8O5S/c1-5-27-20-30(55-40(61)54(39(59)43(55)14-7-15-43)31-22-32(44(45,46)47)34(23-48)49-24-31)10-12-35(27)60-19-17-42(4)16-18-53(41(2,3)26-42)25-37(57)51-29-9-6-8-28(21-29)50-33-11-13-36(56)52-38(33)58/h6,8-10,12,20-22,24,33,50H,5,7,11,13-19,25-26H2,1-4H3,(H,51,57)(H,52,56,58). The lowest BCUT2D eigenvalue weighted by Gasteiger charge is -2.50. The fourth-order valence-electron chi connectivity index (χ4n) is 9.17. The van der Waals surface area contributed by atoms with E-state index in [1.165, 1.54) is 6.07 Å². The van der Waals surface area contributed by atoms with Crippen LogP contribution >= 0.6 is 12.2 Å². The molecule has 0 bridgehead atoms. The van der Waals surface area contributed by atoms with Gasteiger partial charge in [0.1, 0.15) is 23.4 Å². The molecule has 1 spiro atoms.